The van der Waals surface area contributed by atoms with Gasteiger partial charge in [-0.2, -0.15) is 4.98 Å². The van der Waals surface area contributed by atoms with Crippen LogP contribution in [0.1, 0.15) is 49.6 Å². The van der Waals surface area contributed by atoms with Gasteiger partial charge >= 0.3 is 0 Å². The number of aromatic nitrogens is 4. The van der Waals surface area contributed by atoms with Crippen molar-refractivity contribution >= 4 is 22.6 Å². The Morgan fingerprint density at radius 1 is 1.32 bits per heavy atom. The number of fused-ring (bicyclic) bond motifs is 1. The first-order valence-electron chi connectivity index (χ1n) is 11.1. The molecule has 4 fully saturated rings. The molecule has 0 radical (unpaired) electrons. The normalized spacial score (nSPS) is 31.3. The summed E-state index contributed by atoms with van der Waals surface area (Å²) < 4.78 is 5.46. The predicted octanol–water partition coefficient (Wildman–Crippen LogP) is 2.71. The molecule has 0 aromatic carbocycles. The van der Waals surface area contributed by atoms with E-state index in [1.54, 1.807) is 6.20 Å². The van der Waals surface area contributed by atoms with Crippen LogP contribution in [0.5, 0.6) is 0 Å². The second-order valence-electron chi connectivity index (χ2n) is 9.43. The van der Waals surface area contributed by atoms with Crippen LogP contribution in [0.4, 0.5) is 5.69 Å². The van der Waals surface area contributed by atoms with Gasteiger partial charge in [0.25, 0.3) is 17.6 Å². The Morgan fingerprint density at radius 3 is 2.87 bits per heavy atom. The lowest BCUT2D eigenvalue weighted by Crippen LogP contribution is -2.59. The molecule has 7 rings (SSSR count). The molecule has 4 aliphatic carbocycles. The van der Waals surface area contributed by atoms with Gasteiger partial charge in [0, 0.05) is 30.4 Å². The minimum absolute atomic E-state index is 0.00816. The Kier molecular flexibility index (Phi) is 4.11. The van der Waals surface area contributed by atoms with Gasteiger partial charge in [-0.1, -0.05) is 5.16 Å². The molecule has 9 nitrogen and oxygen atoms in total. The van der Waals surface area contributed by atoms with Crippen LogP contribution in [0.15, 0.2) is 23.0 Å². The molecule has 0 saturated heterocycles. The van der Waals surface area contributed by atoms with E-state index in [0.29, 0.717) is 29.9 Å². The molecule has 162 valence electrons. The number of amides is 1. The van der Waals surface area contributed by atoms with Crippen LogP contribution in [0, 0.1) is 17.8 Å². The van der Waals surface area contributed by atoms with Crippen molar-refractivity contribution in [3.63, 3.8) is 0 Å². The average Bonchev–Trinajstić information content (AvgIpc) is 3.39. The van der Waals surface area contributed by atoms with E-state index in [-0.39, 0.29) is 23.7 Å². The lowest BCUT2D eigenvalue weighted by Gasteiger charge is -2.58. The van der Waals surface area contributed by atoms with E-state index in [1.807, 2.05) is 19.2 Å². The van der Waals surface area contributed by atoms with Gasteiger partial charge in [-0.25, -0.2) is 4.98 Å². The third-order valence-corrected chi connectivity index (χ3v) is 7.34. The van der Waals surface area contributed by atoms with E-state index < -0.39 is 5.60 Å². The van der Waals surface area contributed by atoms with E-state index in [9.17, 15) is 9.90 Å². The SMILES string of the molecule is CCNC(=O)c1noc(-c2cnc3[nH]ccc3c2N[C@H]2[C@@H]3CC4C[C@H]2C[C@@](O)(C4)C3)n1. The molecule has 1 unspecified atom stereocenters. The smallest absolute Gasteiger partial charge is 0.292 e. The minimum atomic E-state index is -0.479. The second-order valence-corrected chi connectivity index (χ2v) is 9.43. The van der Waals surface area contributed by atoms with Gasteiger partial charge in [0.15, 0.2) is 0 Å². The summed E-state index contributed by atoms with van der Waals surface area (Å²) in [5, 5.41) is 22.2. The van der Waals surface area contributed by atoms with Gasteiger partial charge in [0.05, 0.1) is 16.9 Å². The van der Waals surface area contributed by atoms with Crippen LogP contribution < -0.4 is 10.6 Å². The van der Waals surface area contributed by atoms with Crippen LogP contribution in [0.25, 0.3) is 22.5 Å². The highest BCUT2D eigenvalue weighted by atomic mass is 16.5. The third-order valence-electron chi connectivity index (χ3n) is 7.34. The molecule has 31 heavy (non-hydrogen) atoms. The van der Waals surface area contributed by atoms with Gasteiger partial charge in [-0.3, -0.25) is 4.79 Å². The Hall–Kier alpha value is -2.94. The number of H-pyrrole nitrogens is 1. The van der Waals surface area contributed by atoms with Gasteiger partial charge in [0.2, 0.25) is 0 Å². The largest absolute Gasteiger partial charge is 0.390 e. The maximum Gasteiger partial charge on any atom is 0.292 e. The molecule has 4 saturated carbocycles. The molecule has 4 bridgehead atoms. The fourth-order valence-corrected chi connectivity index (χ4v) is 6.37. The van der Waals surface area contributed by atoms with Crippen molar-refractivity contribution in [1.82, 2.24) is 25.4 Å². The zero-order valence-corrected chi connectivity index (χ0v) is 17.4. The Morgan fingerprint density at radius 2 is 2.13 bits per heavy atom. The maximum absolute atomic E-state index is 12.1. The first-order valence-corrected chi connectivity index (χ1v) is 11.1. The number of carbonyl (C=O) groups excluding carboxylic acids is 1. The second kappa shape index (κ2) is 6.78. The van der Waals surface area contributed by atoms with Crippen molar-refractivity contribution < 1.29 is 14.4 Å². The summed E-state index contributed by atoms with van der Waals surface area (Å²) in [5.74, 6) is 1.44. The van der Waals surface area contributed by atoms with Gasteiger partial charge in [-0.15, -0.1) is 0 Å². The molecule has 4 aliphatic rings. The number of carbonyl (C=O) groups is 1. The van der Waals surface area contributed by atoms with Crippen molar-refractivity contribution in [2.24, 2.45) is 17.8 Å². The van der Waals surface area contributed by atoms with Crippen LogP contribution in [-0.2, 0) is 0 Å². The average molecular weight is 422 g/mol. The number of aromatic amines is 1. The van der Waals surface area contributed by atoms with E-state index in [4.69, 9.17) is 4.52 Å². The molecular formula is C22H26N6O3. The highest BCUT2D eigenvalue weighted by Gasteiger charge is 2.54. The first kappa shape index (κ1) is 18.8. The standard InChI is InChI=1S/C22H26N6O3/c1-2-23-20(29)19-27-21(31-28-19)15-10-25-18-14(3-4-24-18)17(15)26-16-12-5-11-6-13(16)9-22(30,7-11)8-12/h3-4,10-13,16,30H,2,5-9H2,1H3,(H,23,29)(H2,24,25,26)/t11?,12-,13+,16+,22-. The van der Waals surface area contributed by atoms with Gasteiger partial charge in [-0.05, 0) is 62.8 Å². The molecule has 3 aromatic rings. The number of nitrogens with one attached hydrogen (secondary N) is 3. The monoisotopic (exact) mass is 422 g/mol. The van der Waals surface area contributed by atoms with Gasteiger partial charge in [0.1, 0.15) is 5.65 Å². The van der Waals surface area contributed by atoms with Crippen molar-refractivity contribution in [2.45, 2.75) is 50.7 Å². The summed E-state index contributed by atoms with van der Waals surface area (Å²) in [6, 6.07) is 2.26. The van der Waals surface area contributed by atoms with E-state index in [1.165, 1.54) is 0 Å². The molecular weight excluding hydrogens is 396 g/mol. The Balaban J connectivity index is 1.38. The zero-order chi connectivity index (χ0) is 21.2. The Bertz CT molecular complexity index is 1140. The summed E-state index contributed by atoms with van der Waals surface area (Å²) in [6.07, 6.45) is 8.57. The van der Waals surface area contributed by atoms with E-state index in [2.05, 4.69) is 30.7 Å². The number of nitrogens with zero attached hydrogens (tertiary/aromatic N) is 3. The fraction of sp³-hybridized carbons (Fsp3) is 0.545. The first-order chi connectivity index (χ1) is 15.0. The summed E-state index contributed by atoms with van der Waals surface area (Å²) in [5.41, 5.74) is 1.87. The molecule has 1 amide bonds. The Labute approximate surface area is 179 Å². The molecule has 9 heteroatoms. The van der Waals surface area contributed by atoms with Crippen molar-refractivity contribution in [1.29, 1.82) is 0 Å². The topological polar surface area (TPSA) is 129 Å². The molecule has 0 aliphatic heterocycles. The maximum atomic E-state index is 12.1. The minimum Gasteiger partial charge on any atom is -0.390 e. The van der Waals surface area contributed by atoms with Crippen LogP contribution in [-0.4, -0.2) is 49.3 Å². The fourth-order valence-electron chi connectivity index (χ4n) is 6.37. The number of anilines is 1. The van der Waals surface area contributed by atoms with Crippen molar-refractivity contribution in [3.8, 4) is 11.5 Å². The molecule has 5 atom stereocenters. The summed E-state index contributed by atoms with van der Waals surface area (Å²) in [4.78, 5) is 24.1. The summed E-state index contributed by atoms with van der Waals surface area (Å²) >= 11 is 0. The van der Waals surface area contributed by atoms with Crippen molar-refractivity contribution in [2.75, 3.05) is 11.9 Å². The molecule has 3 heterocycles. The lowest BCUT2D eigenvalue weighted by molar-refractivity contribution is -0.129. The number of hydrogen-bond acceptors (Lipinski definition) is 7. The number of hydrogen-bond donors (Lipinski definition) is 4. The lowest BCUT2D eigenvalue weighted by atomic mass is 9.52. The predicted molar refractivity (Wildman–Crippen MR) is 113 cm³/mol. The van der Waals surface area contributed by atoms with Crippen LogP contribution in [0.2, 0.25) is 0 Å². The number of aliphatic hydroxyl groups is 1. The van der Waals surface area contributed by atoms with Crippen LogP contribution >= 0.6 is 0 Å². The molecule has 4 N–H and O–H groups in total. The molecule has 0 spiro atoms. The van der Waals surface area contributed by atoms with Gasteiger partial charge < -0.3 is 25.2 Å². The highest BCUT2D eigenvalue weighted by molar-refractivity contribution is 5.97. The summed E-state index contributed by atoms with van der Waals surface area (Å²) in [7, 11) is 0. The van der Waals surface area contributed by atoms with E-state index >= 15 is 0 Å². The zero-order valence-electron chi connectivity index (χ0n) is 17.4. The van der Waals surface area contributed by atoms with Crippen LogP contribution in [0.3, 0.4) is 0 Å². The quantitative estimate of drug-likeness (QED) is 0.497. The number of pyridine rings is 1. The van der Waals surface area contributed by atoms with E-state index in [0.717, 1.165) is 48.8 Å². The summed E-state index contributed by atoms with van der Waals surface area (Å²) in [6.45, 7) is 2.33. The third kappa shape index (κ3) is 3.02. The number of rotatable bonds is 5. The molecule has 3 aromatic heterocycles. The van der Waals surface area contributed by atoms with Crippen molar-refractivity contribution in [3.05, 3.63) is 24.3 Å². The highest BCUT2D eigenvalue weighted by Crippen LogP contribution is 2.56.